The van der Waals surface area contributed by atoms with E-state index in [1.54, 1.807) is 6.07 Å². The number of aliphatic hydroxyl groups excluding tert-OH is 1. The molecule has 8 heteroatoms. The van der Waals surface area contributed by atoms with Gasteiger partial charge in [0.2, 0.25) is 0 Å². The highest BCUT2D eigenvalue weighted by Crippen LogP contribution is 2.42. The summed E-state index contributed by atoms with van der Waals surface area (Å²) in [6.45, 7) is 1.49. The predicted octanol–water partition coefficient (Wildman–Crippen LogP) is 2.59. The maximum Gasteiger partial charge on any atom is 0.191 e. The number of hydrogen-bond acceptors (Lipinski definition) is 4. The van der Waals surface area contributed by atoms with E-state index in [9.17, 15) is 10.2 Å². The van der Waals surface area contributed by atoms with Crippen LogP contribution in [0.3, 0.4) is 0 Å². The molecular weight excluding hydrogens is 325 g/mol. The lowest BCUT2D eigenvalue weighted by molar-refractivity contribution is -0.00845. The predicted molar refractivity (Wildman–Crippen MR) is 77.0 cm³/mol. The lowest BCUT2D eigenvalue weighted by atomic mass is 9.98. The standard InChI is InChI=1S/C12H12Cl3N3O2/c1-7(19)11(18-6-16-5-17-18)12(15,20)9-3-2-8(13)4-10(9)14/h2-7,11,19-20H,1H3. The quantitative estimate of drug-likeness (QED) is 0.842. The van der Waals surface area contributed by atoms with Gasteiger partial charge in [-0.05, 0) is 19.1 Å². The minimum Gasteiger partial charge on any atom is -0.391 e. The van der Waals surface area contributed by atoms with Gasteiger partial charge in [-0.15, -0.1) is 0 Å². The topological polar surface area (TPSA) is 71.2 Å². The number of aromatic nitrogens is 3. The molecule has 0 saturated heterocycles. The second-order valence-corrected chi connectivity index (χ2v) is 5.78. The van der Waals surface area contributed by atoms with E-state index in [-0.39, 0.29) is 10.6 Å². The van der Waals surface area contributed by atoms with Crippen LogP contribution in [0.15, 0.2) is 30.9 Å². The van der Waals surface area contributed by atoms with E-state index in [2.05, 4.69) is 10.1 Å². The van der Waals surface area contributed by atoms with E-state index in [1.165, 1.54) is 36.4 Å². The number of halogens is 3. The number of aliphatic hydroxyl groups is 2. The summed E-state index contributed by atoms with van der Waals surface area (Å²) in [5.41, 5.74) is 0.228. The van der Waals surface area contributed by atoms with Crippen LogP contribution >= 0.6 is 34.8 Å². The van der Waals surface area contributed by atoms with Crippen LogP contribution in [0.4, 0.5) is 0 Å². The largest absolute Gasteiger partial charge is 0.391 e. The van der Waals surface area contributed by atoms with E-state index in [1.807, 2.05) is 0 Å². The molecule has 108 valence electrons. The van der Waals surface area contributed by atoms with Crippen LogP contribution in [-0.2, 0) is 5.06 Å². The summed E-state index contributed by atoms with van der Waals surface area (Å²) in [7, 11) is 0. The zero-order valence-electron chi connectivity index (χ0n) is 10.4. The highest BCUT2D eigenvalue weighted by molar-refractivity contribution is 6.36. The van der Waals surface area contributed by atoms with Gasteiger partial charge in [0.1, 0.15) is 18.7 Å². The molecule has 0 saturated carbocycles. The van der Waals surface area contributed by atoms with Crippen LogP contribution in [0.25, 0.3) is 0 Å². The molecule has 0 aliphatic rings. The van der Waals surface area contributed by atoms with Crippen molar-refractivity contribution in [2.75, 3.05) is 0 Å². The lowest BCUT2D eigenvalue weighted by Crippen LogP contribution is -2.39. The van der Waals surface area contributed by atoms with Crippen LogP contribution in [0, 0.1) is 0 Å². The Labute approximate surface area is 130 Å². The van der Waals surface area contributed by atoms with Gasteiger partial charge in [-0.2, -0.15) is 5.10 Å². The average molecular weight is 337 g/mol. The molecule has 5 nitrogen and oxygen atoms in total. The van der Waals surface area contributed by atoms with Gasteiger partial charge in [-0.3, -0.25) is 0 Å². The molecule has 20 heavy (non-hydrogen) atoms. The molecule has 3 atom stereocenters. The van der Waals surface area contributed by atoms with Gasteiger partial charge in [-0.25, -0.2) is 9.67 Å². The Morgan fingerprint density at radius 2 is 2.05 bits per heavy atom. The molecule has 2 N–H and O–H groups in total. The van der Waals surface area contributed by atoms with Crippen LogP contribution < -0.4 is 0 Å². The van der Waals surface area contributed by atoms with Crippen molar-refractivity contribution in [3.05, 3.63) is 46.5 Å². The zero-order valence-corrected chi connectivity index (χ0v) is 12.7. The smallest absolute Gasteiger partial charge is 0.191 e. The SMILES string of the molecule is CC(O)C(n1cncn1)C(O)(Cl)c1ccc(Cl)cc1Cl. The van der Waals surface area contributed by atoms with Crippen LogP contribution in [0.5, 0.6) is 0 Å². The molecule has 3 unspecified atom stereocenters. The van der Waals surface area contributed by atoms with Crippen LogP contribution in [0.2, 0.25) is 10.0 Å². The van der Waals surface area contributed by atoms with E-state index < -0.39 is 17.2 Å². The monoisotopic (exact) mass is 335 g/mol. The molecule has 0 radical (unpaired) electrons. The van der Waals surface area contributed by atoms with Crippen molar-refractivity contribution in [2.24, 2.45) is 0 Å². The van der Waals surface area contributed by atoms with Gasteiger partial charge < -0.3 is 10.2 Å². The van der Waals surface area contributed by atoms with Gasteiger partial charge in [0.05, 0.1) is 6.10 Å². The second kappa shape index (κ2) is 5.87. The third-order valence-electron chi connectivity index (χ3n) is 2.88. The number of alkyl halides is 1. The summed E-state index contributed by atoms with van der Waals surface area (Å²) >= 11 is 18.1. The third-order valence-corrected chi connectivity index (χ3v) is 3.85. The first kappa shape index (κ1) is 15.5. The molecule has 2 aromatic rings. The number of nitrogens with zero attached hydrogens (tertiary/aromatic N) is 3. The first-order valence-electron chi connectivity index (χ1n) is 5.73. The fraction of sp³-hybridized carbons (Fsp3) is 0.333. The maximum atomic E-state index is 10.6. The van der Waals surface area contributed by atoms with Crippen molar-refractivity contribution in [2.45, 2.75) is 24.1 Å². The van der Waals surface area contributed by atoms with Gasteiger partial charge in [0.25, 0.3) is 0 Å². The Kier molecular flexibility index (Phi) is 4.56. The summed E-state index contributed by atoms with van der Waals surface area (Å²) in [6, 6.07) is 3.55. The van der Waals surface area contributed by atoms with Crippen molar-refractivity contribution >= 4 is 34.8 Å². The van der Waals surface area contributed by atoms with Gasteiger partial charge >= 0.3 is 0 Å². The molecule has 0 bridgehead atoms. The molecule has 0 spiro atoms. The summed E-state index contributed by atoms with van der Waals surface area (Å²) < 4.78 is 1.28. The van der Waals surface area contributed by atoms with Crippen molar-refractivity contribution in [3.8, 4) is 0 Å². The van der Waals surface area contributed by atoms with Gasteiger partial charge in [-0.1, -0.05) is 40.9 Å². The summed E-state index contributed by atoms with van der Waals surface area (Å²) in [5, 5.41) is 23.1. The van der Waals surface area contributed by atoms with E-state index >= 15 is 0 Å². The second-order valence-electron chi connectivity index (χ2n) is 4.36. The highest BCUT2D eigenvalue weighted by Gasteiger charge is 2.43. The third kappa shape index (κ3) is 2.92. The Bertz CT molecular complexity index is 588. The number of benzene rings is 1. The van der Waals surface area contributed by atoms with Crippen molar-refractivity contribution < 1.29 is 10.2 Å². The normalized spacial score (nSPS) is 17.5. The Morgan fingerprint density at radius 3 is 2.55 bits per heavy atom. The molecule has 0 aliphatic heterocycles. The van der Waals surface area contributed by atoms with Gasteiger partial charge in [0.15, 0.2) is 5.06 Å². The molecule has 0 aliphatic carbocycles. The minimum atomic E-state index is -1.97. The fourth-order valence-corrected chi connectivity index (χ4v) is 3.06. The Balaban J connectivity index is 2.50. The van der Waals surface area contributed by atoms with Crippen LogP contribution in [-0.4, -0.2) is 31.1 Å². The van der Waals surface area contributed by atoms with E-state index in [0.29, 0.717) is 5.02 Å². The van der Waals surface area contributed by atoms with E-state index in [0.717, 1.165) is 0 Å². The average Bonchev–Trinajstić information content (AvgIpc) is 2.80. The summed E-state index contributed by atoms with van der Waals surface area (Å²) in [5.74, 6) is 0. The molecule has 1 heterocycles. The minimum absolute atomic E-state index is 0.195. The van der Waals surface area contributed by atoms with Crippen LogP contribution in [0.1, 0.15) is 18.5 Å². The zero-order chi connectivity index (χ0) is 14.9. The fourth-order valence-electron chi connectivity index (χ4n) is 2.01. The Morgan fingerprint density at radius 1 is 1.35 bits per heavy atom. The highest BCUT2D eigenvalue weighted by atomic mass is 35.5. The number of hydrogen-bond donors (Lipinski definition) is 2. The molecule has 0 fully saturated rings. The van der Waals surface area contributed by atoms with Crippen molar-refractivity contribution in [1.29, 1.82) is 0 Å². The molecule has 1 aromatic carbocycles. The molecular formula is C12H12Cl3N3O2. The first-order valence-corrected chi connectivity index (χ1v) is 6.86. The number of rotatable bonds is 4. The first-order chi connectivity index (χ1) is 9.34. The Hall–Kier alpha value is -0.850. The van der Waals surface area contributed by atoms with Crippen molar-refractivity contribution in [3.63, 3.8) is 0 Å². The van der Waals surface area contributed by atoms with Gasteiger partial charge in [0, 0.05) is 15.6 Å². The summed E-state index contributed by atoms with van der Waals surface area (Å²) in [4.78, 5) is 3.79. The molecule has 0 amide bonds. The van der Waals surface area contributed by atoms with E-state index in [4.69, 9.17) is 34.8 Å². The van der Waals surface area contributed by atoms with Crippen molar-refractivity contribution in [1.82, 2.24) is 14.8 Å². The summed E-state index contributed by atoms with van der Waals surface area (Å²) in [6.07, 6.45) is 1.64. The molecule has 2 rings (SSSR count). The maximum absolute atomic E-state index is 10.6. The molecule has 1 aromatic heterocycles. The lowest BCUT2D eigenvalue weighted by Gasteiger charge is -2.33.